The van der Waals surface area contributed by atoms with E-state index >= 15 is 0 Å². The number of nitrogens with zero attached hydrogens (tertiary/aromatic N) is 1. The summed E-state index contributed by atoms with van der Waals surface area (Å²) in [4.78, 5) is 24.2. The van der Waals surface area contributed by atoms with Crippen molar-refractivity contribution in [1.82, 2.24) is 0 Å². The zero-order chi connectivity index (χ0) is 11.3. The van der Waals surface area contributed by atoms with Gasteiger partial charge in [0.2, 0.25) is 6.08 Å². The highest BCUT2D eigenvalue weighted by atomic mass is 16.2. The molecule has 0 aliphatic rings. The van der Waals surface area contributed by atoms with Crippen LogP contribution in [0.5, 0.6) is 0 Å². The molecule has 78 valence electrons. The second kappa shape index (κ2) is 4.90. The lowest BCUT2D eigenvalue weighted by molar-refractivity contribution is 0.259. The van der Waals surface area contributed by atoms with Crippen LogP contribution >= 0.6 is 0 Å². The standard InChI is InChI=1S/C9H10N4O2/c10-4-6-1-2-7(13-9(11)15)3-8(6)12-5-14/h1-3H,4,10H2,(H3,11,13,15). The number of hydrogen-bond donors (Lipinski definition) is 3. The Morgan fingerprint density at radius 3 is 2.80 bits per heavy atom. The third-order valence-electron chi connectivity index (χ3n) is 1.74. The van der Waals surface area contributed by atoms with Crippen LogP contribution in [0.4, 0.5) is 16.2 Å². The molecule has 0 aliphatic carbocycles. The molecule has 5 N–H and O–H groups in total. The molecule has 0 radical (unpaired) electrons. The first-order chi connectivity index (χ1) is 7.17. The van der Waals surface area contributed by atoms with E-state index in [2.05, 4.69) is 10.3 Å². The molecule has 0 unspecified atom stereocenters. The zero-order valence-electron chi connectivity index (χ0n) is 7.86. The Bertz CT molecular complexity index is 424. The molecule has 6 nitrogen and oxygen atoms in total. The van der Waals surface area contributed by atoms with E-state index in [9.17, 15) is 9.59 Å². The van der Waals surface area contributed by atoms with Crippen LogP contribution in [0.25, 0.3) is 0 Å². The number of nitrogens with one attached hydrogen (secondary N) is 1. The van der Waals surface area contributed by atoms with Crippen LogP contribution in [0.15, 0.2) is 23.2 Å². The van der Waals surface area contributed by atoms with E-state index in [0.29, 0.717) is 16.9 Å². The smallest absolute Gasteiger partial charge is 0.316 e. The van der Waals surface area contributed by atoms with Gasteiger partial charge >= 0.3 is 6.03 Å². The SMILES string of the molecule is NCc1ccc(NC(N)=O)cc1N=C=O. The van der Waals surface area contributed by atoms with Gasteiger partial charge in [0.05, 0.1) is 5.69 Å². The largest absolute Gasteiger partial charge is 0.351 e. The molecule has 0 aliphatic heterocycles. The van der Waals surface area contributed by atoms with Crippen molar-refractivity contribution in [3.8, 4) is 0 Å². The molecular weight excluding hydrogens is 196 g/mol. The highest BCUT2D eigenvalue weighted by Crippen LogP contribution is 2.22. The van der Waals surface area contributed by atoms with Crippen LogP contribution in [0, 0.1) is 0 Å². The number of urea groups is 1. The van der Waals surface area contributed by atoms with E-state index < -0.39 is 6.03 Å². The van der Waals surface area contributed by atoms with Crippen LogP contribution in [0.3, 0.4) is 0 Å². The van der Waals surface area contributed by atoms with Crippen LogP contribution in [0.1, 0.15) is 5.56 Å². The third kappa shape index (κ3) is 2.91. The monoisotopic (exact) mass is 206 g/mol. The lowest BCUT2D eigenvalue weighted by atomic mass is 10.1. The molecule has 0 fully saturated rings. The minimum absolute atomic E-state index is 0.247. The van der Waals surface area contributed by atoms with Crippen LogP contribution < -0.4 is 16.8 Å². The van der Waals surface area contributed by atoms with E-state index in [1.807, 2.05) is 0 Å². The molecule has 15 heavy (non-hydrogen) atoms. The predicted octanol–water partition coefficient (Wildman–Crippen LogP) is 0.603. The minimum Gasteiger partial charge on any atom is -0.351 e. The van der Waals surface area contributed by atoms with Gasteiger partial charge in [-0.25, -0.2) is 9.59 Å². The summed E-state index contributed by atoms with van der Waals surface area (Å²) in [6.45, 7) is 0.247. The summed E-state index contributed by atoms with van der Waals surface area (Å²) in [5.74, 6) is 0. The molecule has 0 aromatic heterocycles. The second-order valence-electron chi connectivity index (χ2n) is 2.74. The number of primary amides is 1. The number of aliphatic imine (C=N–C) groups is 1. The number of hydrogen-bond acceptors (Lipinski definition) is 4. The van der Waals surface area contributed by atoms with Gasteiger partial charge in [0.25, 0.3) is 0 Å². The van der Waals surface area contributed by atoms with Crippen molar-refractivity contribution >= 4 is 23.5 Å². The van der Waals surface area contributed by atoms with Crippen molar-refractivity contribution < 1.29 is 9.59 Å². The zero-order valence-corrected chi connectivity index (χ0v) is 7.86. The lowest BCUT2D eigenvalue weighted by Gasteiger charge is -2.05. The normalized spacial score (nSPS) is 9.13. The third-order valence-corrected chi connectivity index (χ3v) is 1.74. The summed E-state index contributed by atoms with van der Waals surface area (Å²) >= 11 is 0. The predicted molar refractivity (Wildman–Crippen MR) is 55.3 cm³/mol. The van der Waals surface area contributed by atoms with E-state index in [0.717, 1.165) is 0 Å². The topological polar surface area (TPSA) is 111 Å². The van der Waals surface area contributed by atoms with Gasteiger partial charge in [-0.2, -0.15) is 4.99 Å². The molecule has 0 saturated heterocycles. The van der Waals surface area contributed by atoms with Gasteiger partial charge in [0, 0.05) is 12.2 Å². The second-order valence-corrected chi connectivity index (χ2v) is 2.74. The van der Waals surface area contributed by atoms with Crippen molar-refractivity contribution in [2.45, 2.75) is 6.54 Å². The summed E-state index contributed by atoms with van der Waals surface area (Å²) in [6, 6.07) is 4.09. The number of carbonyl (C=O) groups is 1. The Kier molecular flexibility index (Phi) is 3.56. The molecule has 1 aromatic rings. The maximum absolute atomic E-state index is 10.6. The van der Waals surface area contributed by atoms with Gasteiger partial charge in [-0.3, -0.25) is 0 Å². The molecule has 0 heterocycles. The molecule has 6 heteroatoms. The van der Waals surface area contributed by atoms with Gasteiger partial charge in [-0.1, -0.05) is 6.07 Å². The summed E-state index contributed by atoms with van der Waals surface area (Å²) in [7, 11) is 0. The van der Waals surface area contributed by atoms with E-state index in [4.69, 9.17) is 11.5 Å². The Labute approximate surface area is 86.0 Å². The van der Waals surface area contributed by atoms with Gasteiger partial charge in [0.1, 0.15) is 0 Å². The van der Waals surface area contributed by atoms with E-state index in [-0.39, 0.29) is 6.54 Å². The molecule has 2 amide bonds. The maximum atomic E-state index is 10.6. The van der Waals surface area contributed by atoms with Crippen molar-refractivity contribution in [2.75, 3.05) is 5.32 Å². The van der Waals surface area contributed by atoms with Crippen molar-refractivity contribution in [2.24, 2.45) is 16.5 Å². The van der Waals surface area contributed by atoms with Gasteiger partial charge < -0.3 is 16.8 Å². The van der Waals surface area contributed by atoms with Crippen LogP contribution in [-0.2, 0) is 11.3 Å². The summed E-state index contributed by atoms with van der Waals surface area (Å²) in [5.41, 5.74) is 11.9. The molecule has 1 aromatic carbocycles. The van der Waals surface area contributed by atoms with Gasteiger partial charge in [-0.05, 0) is 17.7 Å². The maximum Gasteiger partial charge on any atom is 0.316 e. The summed E-state index contributed by atoms with van der Waals surface area (Å²) in [5, 5.41) is 2.36. The first-order valence-corrected chi connectivity index (χ1v) is 4.14. The van der Waals surface area contributed by atoms with Crippen LogP contribution in [0.2, 0.25) is 0 Å². The number of benzene rings is 1. The van der Waals surface area contributed by atoms with Gasteiger partial charge in [0.15, 0.2) is 0 Å². The average Bonchev–Trinajstić information content (AvgIpc) is 2.18. The molecule has 0 saturated carbocycles. The fourth-order valence-corrected chi connectivity index (χ4v) is 1.11. The fraction of sp³-hybridized carbons (Fsp3) is 0.111. The van der Waals surface area contributed by atoms with Crippen molar-refractivity contribution in [1.29, 1.82) is 0 Å². The Morgan fingerprint density at radius 2 is 2.27 bits per heavy atom. The highest BCUT2D eigenvalue weighted by Gasteiger charge is 2.02. The van der Waals surface area contributed by atoms with E-state index in [1.165, 1.54) is 12.1 Å². The number of anilines is 1. The highest BCUT2D eigenvalue weighted by molar-refractivity contribution is 5.88. The number of isocyanates is 1. The molecule has 1 rings (SSSR count). The van der Waals surface area contributed by atoms with Gasteiger partial charge in [-0.15, -0.1) is 0 Å². The quantitative estimate of drug-likeness (QED) is 0.497. The fourth-order valence-electron chi connectivity index (χ4n) is 1.11. The van der Waals surface area contributed by atoms with Crippen LogP contribution in [-0.4, -0.2) is 12.1 Å². The number of carbonyl (C=O) groups excluding carboxylic acids is 2. The lowest BCUT2D eigenvalue weighted by Crippen LogP contribution is -2.19. The number of rotatable bonds is 3. The number of amides is 2. The molecule has 0 atom stereocenters. The van der Waals surface area contributed by atoms with E-state index in [1.54, 1.807) is 12.1 Å². The Balaban J connectivity index is 3.09. The molecule has 0 bridgehead atoms. The first kappa shape index (κ1) is 10.9. The summed E-state index contributed by atoms with van der Waals surface area (Å²) < 4.78 is 0. The van der Waals surface area contributed by atoms with Crippen molar-refractivity contribution in [3.05, 3.63) is 23.8 Å². The molecular formula is C9H10N4O2. The van der Waals surface area contributed by atoms with Crippen molar-refractivity contribution in [3.63, 3.8) is 0 Å². The summed E-state index contributed by atoms with van der Waals surface area (Å²) in [6.07, 6.45) is 1.41. The first-order valence-electron chi connectivity index (χ1n) is 4.14. The Morgan fingerprint density at radius 1 is 1.53 bits per heavy atom. The minimum atomic E-state index is -0.684. The average molecular weight is 206 g/mol. The molecule has 0 spiro atoms. The number of nitrogens with two attached hydrogens (primary N) is 2. The Hall–Kier alpha value is -2.17.